The minimum atomic E-state index is -0.225. The van der Waals surface area contributed by atoms with E-state index >= 15 is 0 Å². The molecule has 0 aliphatic rings. The number of aromatic nitrogens is 4. The molecule has 0 unspecified atom stereocenters. The van der Waals surface area contributed by atoms with Crippen molar-refractivity contribution in [1.29, 1.82) is 0 Å². The van der Waals surface area contributed by atoms with E-state index in [1.165, 1.54) is 44.3 Å². The fourth-order valence-electron chi connectivity index (χ4n) is 10.3. The number of hydrogen-bond acceptors (Lipinski definition) is 2. The quantitative estimate of drug-likeness (QED) is 0.0904. The number of benzene rings is 7. The summed E-state index contributed by atoms with van der Waals surface area (Å²) < 4.78 is 13.8. The van der Waals surface area contributed by atoms with E-state index in [1.54, 1.807) is 0 Å². The second-order valence-corrected chi connectivity index (χ2v) is 22.0. The van der Waals surface area contributed by atoms with Crippen LogP contribution in [-0.4, -0.2) is 14.1 Å². The van der Waals surface area contributed by atoms with E-state index in [0.717, 1.165) is 56.4 Å². The zero-order chi connectivity index (χ0) is 49.8. The molecule has 3 aromatic heterocycles. The number of nitrogens with zero attached hydrogens (tertiary/aromatic N) is 4. The lowest BCUT2D eigenvalue weighted by atomic mass is 9.78. The predicted molar refractivity (Wildman–Crippen MR) is 294 cm³/mol. The van der Waals surface area contributed by atoms with Crippen LogP contribution in [0.25, 0.3) is 50.3 Å². The van der Waals surface area contributed by atoms with Gasteiger partial charge in [0.25, 0.3) is 6.33 Å². The fraction of sp³-hybridized carbons (Fsp3) is 0.242. The summed E-state index contributed by atoms with van der Waals surface area (Å²) in [6.45, 7) is 25.2. The summed E-state index contributed by atoms with van der Waals surface area (Å²) in [5.41, 5.74) is 14.7. The zero-order valence-corrected chi connectivity index (χ0v) is 43.2. The van der Waals surface area contributed by atoms with Crippen LogP contribution in [0.2, 0.25) is 0 Å². The Kier molecular flexibility index (Phi) is 12.2. The Balaban J connectivity index is 1.11. The van der Waals surface area contributed by atoms with Crippen LogP contribution in [0.5, 0.6) is 11.5 Å². The van der Waals surface area contributed by atoms with Crippen molar-refractivity contribution in [3.63, 3.8) is 0 Å². The summed E-state index contributed by atoms with van der Waals surface area (Å²) in [7, 11) is 0. The van der Waals surface area contributed by atoms with E-state index in [2.05, 4.69) is 278 Å². The molecule has 356 valence electrons. The summed E-state index contributed by atoms with van der Waals surface area (Å²) >= 11 is 0. The largest absolute Gasteiger partial charge is 0.458 e. The van der Waals surface area contributed by atoms with Crippen molar-refractivity contribution in [3.8, 4) is 39.9 Å². The van der Waals surface area contributed by atoms with E-state index in [4.69, 9.17) is 9.72 Å². The van der Waals surface area contributed by atoms with Crippen molar-refractivity contribution in [3.05, 3.63) is 234 Å². The number of rotatable bonds is 12. The molecule has 0 N–H and O–H groups in total. The molecule has 0 saturated carbocycles. The van der Waals surface area contributed by atoms with Crippen molar-refractivity contribution in [2.45, 2.75) is 104 Å². The van der Waals surface area contributed by atoms with Crippen LogP contribution in [0, 0.1) is 6.33 Å². The molecule has 7 aromatic carbocycles. The molecule has 3 heterocycles. The number of imidazole rings is 1. The van der Waals surface area contributed by atoms with E-state index < -0.39 is 0 Å². The second kappa shape index (κ2) is 18.4. The van der Waals surface area contributed by atoms with Gasteiger partial charge in [0.1, 0.15) is 17.3 Å². The normalized spacial score (nSPS) is 12.4. The first-order valence-electron chi connectivity index (χ1n) is 25.2. The first kappa shape index (κ1) is 47.2. The van der Waals surface area contributed by atoms with Gasteiger partial charge in [0.05, 0.1) is 28.1 Å². The van der Waals surface area contributed by atoms with Crippen LogP contribution in [0.15, 0.2) is 188 Å². The Morgan fingerprint density at radius 2 is 1.10 bits per heavy atom. The lowest BCUT2D eigenvalue weighted by Gasteiger charge is -2.27. The van der Waals surface area contributed by atoms with Crippen molar-refractivity contribution in [1.82, 2.24) is 14.1 Å². The third kappa shape index (κ3) is 8.88. The van der Waals surface area contributed by atoms with E-state index in [9.17, 15) is 0 Å². The molecule has 0 bridgehead atoms. The van der Waals surface area contributed by atoms with Gasteiger partial charge in [-0.25, -0.2) is 4.98 Å². The molecule has 71 heavy (non-hydrogen) atoms. The molecule has 0 aliphatic heterocycles. The highest BCUT2D eigenvalue weighted by Gasteiger charge is 2.28. The number of fused-ring (bicyclic) bond motifs is 3. The maximum absolute atomic E-state index is 7.04. The maximum atomic E-state index is 7.04. The molecule has 5 heteroatoms. The predicted octanol–water partition coefficient (Wildman–Crippen LogP) is 16.7. The number of ether oxygens (including phenoxy) is 1. The van der Waals surface area contributed by atoms with Gasteiger partial charge in [-0.1, -0.05) is 185 Å². The standard InChI is InChI=1S/C66H66N4O/c1-44(2)55-29-21-30-56(45(3)4)63(55)61-42-68(43-69(61)51-27-20-26-48(36-51)65(8,9)46-22-14-12-15-23-46)52-37-50(64(5,6)7)38-54(40-52)71-53-32-33-58-57-28-18-19-31-59(57)70(60(58)41-53)62-39-49(34-35-67-62)66(10,11)47-24-16-13-17-25-47/h12-42,44-45H,1-11H3. The Bertz CT molecular complexity index is 3520. The molecule has 5 nitrogen and oxygen atoms in total. The Hall–Kier alpha value is -7.50. The molecule has 0 saturated heterocycles. The highest BCUT2D eigenvalue weighted by molar-refractivity contribution is 6.09. The summed E-state index contributed by atoms with van der Waals surface area (Å²) in [6.07, 6.45) is 8.11. The summed E-state index contributed by atoms with van der Waals surface area (Å²) in [4.78, 5) is 5.01. The molecular weight excluding hydrogens is 865 g/mol. The minimum absolute atomic E-state index is 0.174. The van der Waals surface area contributed by atoms with Gasteiger partial charge in [-0.05, 0) is 122 Å². The maximum Gasteiger partial charge on any atom is 0.269 e. The van der Waals surface area contributed by atoms with Gasteiger partial charge in [-0.15, -0.1) is 0 Å². The molecule has 0 spiro atoms. The number of pyridine rings is 1. The first-order chi connectivity index (χ1) is 34.0. The van der Waals surface area contributed by atoms with Crippen LogP contribution in [-0.2, 0) is 16.2 Å². The van der Waals surface area contributed by atoms with Crippen LogP contribution < -0.4 is 9.30 Å². The Labute approximate surface area is 421 Å². The Morgan fingerprint density at radius 1 is 0.507 bits per heavy atom. The average Bonchev–Trinajstić information content (AvgIpc) is 3.96. The summed E-state index contributed by atoms with van der Waals surface area (Å²) in [6, 6.07) is 63.4. The smallest absolute Gasteiger partial charge is 0.269 e. The van der Waals surface area contributed by atoms with E-state index in [1.807, 2.05) is 6.20 Å². The van der Waals surface area contributed by atoms with Crippen molar-refractivity contribution in [2.75, 3.05) is 0 Å². The fourth-order valence-corrected chi connectivity index (χ4v) is 10.3. The zero-order valence-electron chi connectivity index (χ0n) is 43.2. The molecule has 0 aliphatic carbocycles. The van der Waals surface area contributed by atoms with Gasteiger partial charge in [-0.3, -0.25) is 13.7 Å². The molecule has 10 rings (SSSR count). The average molecular weight is 931 g/mol. The van der Waals surface area contributed by atoms with Gasteiger partial charge in [0.15, 0.2) is 0 Å². The minimum Gasteiger partial charge on any atom is -0.458 e. The SMILES string of the molecule is CC(C)c1cccc(C(C)C)c1-c1cn(-c2cc(Oc3ccc4c5ccccc5n(-c5cc(C(C)(C)c6ccccc6)ccn5)c4c3)cc(C(C)(C)C)c2)[c-][n+]1-c1cccc(C(C)(C)c2ccccc2)c1. The molecule has 10 aromatic rings. The van der Waals surface area contributed by atoms with E-state index in [-0.39, 0.29) is 16.2 Å². The van der Waals surface area contributed by atoms with Crippen molar-refractivity contribution in [2.24, 2.45) is 0 Å². The monoisotopic (exact) mass is 931 g/mol. The van der Waals surface area contributed by atoms with Crippen molar-refractivity contribution >= 4 is 21.8 Å². The third-order valence-electron chi connectivity index (χ3n) is 14.8. The first-order valence-corrected chi connectivity index (χ1v) is 25.2. The highest BCUT2D eigenvalue weighted by atomic mass is 16.5. The lowest BCUT2D eigenvalue weighted by Crippen LogP contribution is -2.33. The molecular formula is C66H66N4O. The van der Waals surface area contributed by atoms with Gasteiger partial charge in [-0.2, -0.15) is 0 Å². The summed E-state index contributed by atoms with van der Waals surface area (Å²) in [5.74, 6) is 2.99. The summed E-state index contributed by atoms with van der Waals surface area (Å²) in [5, 5.41) is 2.31. The Morgan fingerprint density at radius 3 is 1.75 bits per heavy atom. The van der Waals surface area contributed by atoms with Gasteiger partial charge < -0.3 is 4.74 Å². The third-order valence-corrected chi connectivity index (χ3v) is 14.8. The number of hydrogen-bond donors (Lipinski definition) is 0. The van der Waals surface area contributed by atoms with Gasteiger partial charge in [0.2, 0.25) is 0 Å². The molecule has 0 fully saturated rings. The van der Waals surface area contributed by atoms with Gasteiger partial charge >= 0.3 is 0 Å². The number of para-hydroxylation sites is 1. The second-order valence-electron chi connectivity index (χ2n) is 22.0. The highest BCUT2D eigenvalue weighted by Crippen LogP contribution is 2.41. The van der Waals surface area contributed by atoms with Crippen molar-refractivity contribution < 1.29 is 9.30 Å². The van der Waals surface area contributed by atoms with Crippen LogP contribution in [0.3, 0.4) is 0 Å². The molecule has 0 amide bonds. The van der Waals surface area contributed by atoms with Gasteiger partial charge in [0, 0.05) is 40.1 Å². The molecule has 0 radical (unpaired) electrons. The van der Waals surface area contributed by atoms with Crippen LogP contribution in [0.1, 0.15) is 127 Å². The topological polar surface area (TPSA) is 35.9 Å². The lowest BCUT2D eigenvalue weighted by molar-refractivity contribution is -0.588. The van der Waals surface area contributed by atoms with Crippen LogP contribution >= 0.6 is 0 Å². The van der Waals surface area contributed by atoms with E-state index in [0.29, 0.717) is 11.8 Å². The molecule has 0 atom stereocenters. The van der Waals surface area contributed by atoms with Crippen LogP contribution in [0.4, 0.5) is 0 Å².